The zero-order chi connectivity index (χ0) is 12.4. The van der Waals surface area contributed by atoms with Crippen LogP contribution in [0.2, 0.25) is 0 Å². The van der Waals surface area contributed by atoms with E-state index in [1.54, 1.807) is 0 Å². The predicted octanol–water partition coefficient (Wildman–Crippen LogP) is 2.05. The maximum absolute atomic E-state index is 5.67. The van der Waals surface area contributed by atoms with E-state index in [-0.39, 0.29) is 6.04 Å². The van der Waals surface area contributed by atoms with Crippen molar-refractivity contribution in [3.05, 3.63) is 23.8 Å². The maximum atomic E-state index is 5.67. The lowest BCUT2D eigenvalue weighted by molar-refractivity contribution is 0.742. The van der Waals surface area contributed by atoms with Crippen LogP contribution in [0, 0.1) is 0 Å². The van der Waals surface area contributed by atoms with Crippen LogP contribution in [0.4, 0.5) is 5.13 Å². The first-order chi connectivity index (χ1) is 8.04. The van der Waals surface area contributed by atoms with Crippen LogP contribution in [0.15, 0.2) is 23.2 Å². The van der Waals surface area contributed by atoms with Gasteiger partial charge in [0.1, 0.15) is 0 Å². The van der Waals surface area contributed by atoms with Crippen molar-refractivity contribution in [1.82, 2.24) is 4.98 Å². The molecular formula is C11H14N4S2. The summed E-state index contributed by atoms with van der Waals surface area (Å²) in [6, 6.07) is 6.25. The average molecular weight is 266 g/mol. The number of benzene rings is 1. The van der Waals surface area contributed by atoms with E-state index in [1.165, 1.54) is 16.9 Å². The molecule has 0 amide bonds. The first kappa shape index (κ1) is 12.2. The molecule has 17 heavy (non-hydrogen) atoms. The Labute approximate surface area is 109 Å². The van der Waals surface area contributed by atoms with Crippen LogP contribution in [0.1, 0.15) is 12.5 Å². The number of amidine groups is 1. The van der Waals surface area contributed by atoms with Gasteiger partial charge in [-0.05, 0) is 31.0 Å². The fourth-order valence-corrected chi connectivity index (χ4v) is 2.72. The van der Waals surface area contributed by atoms with Crippen LogP contribution in [-0.4, -0.2) is 16.2 Å². The highest BCUT2D eigenvalue weighted by atomic mass is 32.1. The van der Waals surface area contributed by atoms with Crippen LogP contribution in [-0.2, 0) is 6.42 Å². The van der Waals surface area contributed by atoms with Crippen molar-refractivity contribution in [2.45, 2.75) is 19.4 Å². The van der Waals surface area contributed by atoms with Crippen LogP contribution in [0.25, 0.3) is 10.2 Å². The summed E-state index contributed by atoms with van der Waals surface area (Å²) in [5, 5.41) is 0.920. The highest BCUT2D eigenvalue weighted by Gasteiger charge is 2.05. The molecule has 0 aliphatic rings. The minimum absolute atomic E-state index is 0.121. The molecule has 0 bridgehead atoms. The summed E-state index contributed by atoms with van der Waals surface area (Å²) in [5.41, 5.74) is 13.2. The summed E-state index contributed by atoms with van der Waals surface area (Å²) in [6.45, 7) is 2.01. The van der Waals surface area contributed by atoms with Crippen LogP contribution in [0.5, 0.6) is 0 Å². The Morgan fingerprint density at radius 3 is 3.06 bits per heavy atom. The summed E-state index contributed by atoms with van der Waals surface area (Å²) in [5.74, 6) is 0. The topological polar surface area (TPSA) is 77.3 Å². The van der Waals surface area contributed by atoms with Gasteiger partial charge >= 0.3 is 0 Å². The van der Waals surface area contributed by atoms with E-state index < -0.39 is 0 Å². The summed E-state index contributed by atoms with van der Waals surface area (Å²) >= 11 is 5.47. The molecule has 1 atom stereocenters. The maximum Gasteiger partial charge on any atom is 0.181 e. The second-order valence-corrected chi connectivity index (χ2v) is 5.42. The van der Waals surface area contributed by atoms with E-state index in [4.69, 9.17) is 11.5 Å². The summed E-state index contributed by atoms with van der Waals surface area (Å²) < 4.78 is 1.11. The van der Waals surface area contributed by atoms with Crippen molar-refractivity contribution in [2.75, 3.05) is 5.73 Å². The number of aromatic nitrogens is 1. The fourth-order valence-electron chi connectivity index (χ4n) is 1.73. The van der Waals surface area contributed by atoms with Crippen molar-refractivity contribution in [2.24, 2.45) is 10.7 Å². The quantitative estimate of drug-likeness (QED) is 0.452. The van der Waals surface area contributed by atoms with E-state index in [2.05, 4.69) is 28.7 Å². The Balaban J connectivity index is 2.21. The van der Waals surface area contributed by atoms with Gasteiger partial charge in [0.2, 0.25) is 0 Å². The number of nitrogens with two attached hydrogens (primary N) is 2. The number of nitrogens with zero attached hydrogens (tertiary/aromatic N) is 2. The molecule has 6 heteroatoms. The average Bonchev–Trinajstić information content (AvgIpc) is 2.55. The highest BCUT2D eigenvalue weighted by Crippen LogP contribution is 2.25. The Morgan fingerprint density at radius 2 is 2.35 bits per heavy atom. The molecule has 0 aliphatic carbocycles. The number of anilines is 1. The monoisotopic (exact) mass is 266 g/mol. The number of rotatable bonds is 3. The molecule has 0 radical (unpaired) electrons. The molecule has 1 unspecified atom stereocenters. The third-order valence-corrected chi connectivity index (χ3v) is 3.32. The molecule has 0 aliphatic heterocycles. The van der Waals surface area contributed by atoms with Crippen molar-refractivity contribution in [3.63, 3.8) is 0 Å². The lowest BCUT2D eigenvalue weighted by Crippen LogP contribution is -2.10. The molecule has 2 rings (SSSR count). The normalized spacial score (nSPS) is 14.1. The predicted molar refractivity (Wildman–Crippen MR) is 77.8 cm³/mol. The van der Waals surface area contributed by atoms with Crippen LogP contribution in [0.3, 0.4) is 0 Å². The third kappa shape index (κ3) is 3.10. The molecule has 0 saturated carbocycles. The molecule has 2 aromatic rings. The van der Waals surface area contributed by atoms with Crippen molar-refractivity contribution < 1.29 is 0 Å². The smallest absolute Gasteiger partial charge is 0.181 e. The lowest BCUT2D eigenvalue weighted by atomic mass is 10.1. The van der Waals surface area contributed by atoms with Gasteiger partial charge in [-0.15, -0.1) is 12.6 Å². The van der Waals surface area contributed by atoms with E-state index in [0.29, 0.717) is 10.3 Å². The summed E-state index contributed by atoms with van der Waals surface area (Å²) in [7, 11) is 0. The fraction of sp³-hybridized carbons (Fsp3) is 0.273. The van der Waals surface area contributed by atoms with Gasteiger partial charge in [0, 0.05) is 0 Å². The Hall–Kier alpha value is -1.27. The van der Waals surface area contributed by atoms with E-state index >= 15 is 0 Å². The standard InChI is InChI=1S/C11H14N4S2/c1-6(14-10(12)16)4-7-2-3-8-9(5-7)17-11(13)15-8/h2-3,5-6H,4H2,1H3,(H2,13,15)(H3,12,14,16). The second-order valence-electron chi connectivity index (χ2n) is 3.89. The molecule has 0 spiro atoms. The molecular weight excluding hydrogens is 252 g/mol. The number of aliphatic imine (C=N–C) groups is 1. The van der Waals surface area contributed by atoms with Crippen molar-refractivity contribution >= 4 is 44.5 Å². The minimum Gasteiger partial charge on any atom is -0.379 e. The van der Waals surface area contributed by atoms with Crippen molar-refractivity contribution in [3.8, 4) is 0 Å². The first-order valence-corrected chi connectivity index (χ1v) is 6.48. The number of hydrogen-bond donors (Lipinski definition) is 3. The molecule has 1 heterocycles. The molecule has 0 fully saturated rings. The summed E-state index contributed by atoms with van der Waals surface area (Å²) in [4.78, 5) is 8.40. The molecule has 4 N–H and O–H groups in total. The number of thiol groups is 1. The van der Waals surface area contributed by atoms with Crippen molar-refractivity contribution in [1.29, 1.82) is 0 Å². The van der Waals surface area contributed by atoms with Gasteiger partial charge in [-0.1, -0.05) is 17.4 Å². The Morgan fingerprint density at radius 1 is 1.59 bits per heavy atom. The molecule has 1 aromatic heterocycles. The Bertz CT molecular complexity index is 558. The van der Waals surface area contributed by atoms with E-state index in [1.807, 2.05) is 19.1 Å². The van der Waals surface area contributed by atoms with Gasteiger partial charge in [0.05, 0.1) is 16.3 Å². The van der Waals surface area contributed by atoms with Crippen LogP contribution < -0.4 is 11.5 Å². The largest absolute Gasteiger partial charge is 0.379 e. The number of nitrogen functional groups attached to an aromatic ring is 1. The molecule has 0 saturated heterocycles. The van der Waals surface area contributed by atoms with Gasteiger partial charge in [-0.3, -0.25) is 4.99 Å². The minimum atomic E-state index is 0.121. The zero-order valence-electron chi connectivity index (χ0n) is 9.42. The molecule has 4 nitrogen and oxygen atoms in total. The van der Waals surface area contributed by atoms with E-state index in [9.17, 15) is 0 Å². The van der Waals surface area contributed by atoms with Gasteiger partial charge in [0.15, 0.2) is 10.3 Å². The lowest BCUT2D eigenvalue weighted by Gasteiger charge is -2.06. The van der Waals surface area contributed by atoms with E-state index in [0.717, 1.165) is 16.6 Å². The SMILES string of the molecule is CC(Cc1ccc2nc(N)sc2c1)N=C(N)S. The van der Waals surface area contributed by atoms with Gasteiger partial charge in [-0.25, -0.2) is 4.98 Å². The third-order valence-electron chi connectivity index (χ3n) is 2.35. The van der Waals surface area contributed by atoms with Gasteiger partial charge in [-0.2, -0.15) is 0 Å². The van der Waals surface area contributed by atoms with Gasteiger partial charge in [0.25, 0.3) is 0 Å². The highest BCUT2D eigenvalue weighted by molar-refractivity contribution is 7.96. The number of fused-ring (bicyclic) bond motifs is 1. The van der Waals surface area contributed by atoms with Gasteiger partial charge < -0.3 is 11.5 Å². The Kier molecular flexibility index (Phi) is 3.54. The first-order valence-electron chi connectivity index (χ1n) is 5.22. The molecule has 90 valence electrons. The number of thiazole rings is 1. The van der Waals surface area contributed by atoms with Crippen LogP contribution >= 0.6 is 24.0 Å². The summed E-state index contributed by atoms with van der Waals surface area (Å²) in [6.07, 6.45) is 0.828. The number of hydrogen-bond acceptors (Lipinski definition) is 4. The molecule has 1 aromatic carbocycles. The second kappa shape index (κ2) is 4.93. The zero-order valence-corrected chi connectivity index (χ0v) is 11.1.